The number of rotatable bonds is 19. The van der Waals surface area contributed by atoms with Gasteiger partial charge in [-0.25, -0.2) is 0 Å². The van der Waals surface area contributed by atoms with Crippen molar-refractivity contribution in [3.05, 3.63) is 0 Å². The summed E-state index contributed by atoms with van der Waals surface area (Å²) in [6.45, 7) is 0. The SMILES string of the molecule is O=CCCC(CC(F)(F)C(F)(F)C(F)(F)C(F)(F)C(F)(F)C(F)(F)C(F)(F)C(F)(F)F)CC(F)(F)C(F)(F)C(F)(F)C(F)(F)C(F)(F)C(F)(F)C(F)(F)C(F)(F)F. The number of hydrogen-bond acceptors (Lipinski definition) is 1. The Morgan fingerprint density at radius 1 is 0.281 bits per heavy atom. The molecule has 0 saturated heterocycles. The van der Waals surface area contributed by atoms with Crippen LogP contribution in [0.4, 0.5) is 149 Å². The molecule has 0 atom stereocenters. The fourth-order valence-corrected chi connectivity index (χ4v) is 3.95. The normalized spacial score (nSPS) is 16.8. The largest absolute Gasteiger partial charge is 0.460 e. The molecule has 0 fully saturated rings. The van der Waals surface area contributed by atoms with Crippen molar-refractivity contribution in [2.45, 2.75) is 121 Å². The van der Waals surface area contributed by atoms with Crippen molar-refractivity contribution in [2.75, 3.05) is 0 Å². The molecule has 0 bridgehead atoms. The Morgan fingerprint density at radius 2 is 0.456 bits per heavy atom. The quantitative estimate of drug-likeness (QED) is 0.0932. The molecule has 0 amide bonds. The topological polar surface area (TPSA) is 17.1 Å². The van der Waals surface area contributed by atoms with Crippen molar-refractivity contribution in [1.82, 2.24) is 0 Å². The third-order valence-electron chi connectivity index (χ3n) is 7.36. The van der Waals surface area contributed by atoms with Crippen molar-refractivity contribution >= 4 is 6.29 Å². The smallest absolute Gasteiger partial charge is 0.303 e. The number of carbonyl (C=O) groups is 1. The van der Waals surface area contributed by atoms with Crippen LogP contribution in [0.25, 0.3) is 0 Å². The summed E-state index contributed by atoms with van der Waals surface area (Å²) in [6, 6.07) is 0. The molecule has 0 aromatic rings. The monoisotopic (exact) mass is 936 g/mol. The first-order chi connectivity index (χ1) is 24.1. The highest BCUT2D eigenvalue weighted by Crippen LogP contribution is 2.67. The molecule has 0 heterocycles. The van der Waals surface area contributed by atoms with Gasteiger partial charge in [0.05, 0.1) is 0 Å². The predicted molar refractivity (Wildman–Crippen MR) is 109 cm³/mol. The molecule has 0 aliphatic rings. The summed E-state index contributed by atoms with van der Waals surface area (Å²) in [5, 5.41) is 0. The number of halogens is 34. The maximum Gasteiger partial charge on any atom is 0.460 e. The van der Waals surface area contributed by atoms with Crippen molar-refractivity contribution in [2.24, 2.45) is 5.92 Å². The van der Waals surface area contributed by atoms with E-state index in [1.54, 1.807) is 0 Å². The van der Waals surface area contributed by atoms with E-state index in [9.17, 15) is 154 Å². The Labute approximate surface area is 288 Å². The van der Waals surface area contributed by atoms with E-state index in [1.807, 2.05) is 0 Å². The second kappa shape index (κ2) is 14.2. The summed E-state index contributed by atoms with van der Waals surface area (Å²) in [4.78, 5) is 10.4. The lowest BCUT2D eigenvalue weighted by molar-refractivity contribution is -0.463. The van der Waals surface area contributed by atoms with Crippen molar-refractivity contribution < 1.29 is 154 Å². The van der Waals surface area contributed by atoms with Gasteiger partial charge in [0.25, 0.3) is 0 Å². The molecule has 0 radical (unpaired) electrons. The Bertz CT molecular complexity index is 1310. The van der Waals surface area contributed by atoms with Crippen LogP contribution in [0.5, 0.6) is 0 Å². The van der Waals surface area contributed by atoms with Gasteiger partial charge in [-0.3, -0.25) is 0 Å². The van der Waals surface area contributed by atoms with Crippen molar-refractivity contribution in [3.8, 4) is 0 Å². The Hall–Kier alpha value is -2.71. The van der Waals surface area contributed by atoms with E-state index >= 15 is 0 Å². The fourth-order valence-electron chi connectivity index (χ4n) is 3.95. The van der Waals surface area contributed by atoms with Crippen molar-refractivity contribution in [1.29, 1.82) is 0 Å². The highest BCUT2D eigenvalue weighted by atomic mass is 19.4. The molecule has 0 unspecified atom stereocenters. The highest BCUT2D eigenvalue weighted by Gasteiger charge is 2.97. The molecular weight excluding hydrogens is 926 g/mol. The van der Waals surface area contributed by atoms with E-state index in [0.717, 1.165) is 0 Å². The minimum atomic E-state index is -9.34. The second-order valence-corrected chi connectivity index (χ2v) is 11.3. The molecule has 0 aliphatic carbocycles. The Kier molecular flexibility index (Phi) is 13.5. The van der Waals surface area contributed by atoms with Crippen LogP contribution in [0, 0.1) is 5.92 Å². The van der Waals surface area contributed by atoms with Crippen LogP contribution in [-0.4, -0.2) is 102 Å². The van der Waals surface area contributed by atoms with Crippen LogP contribution >= 0.6 is 0 Å². The maximum atomic E-state index is 14.3. The Balaban J connectivity index is 7.34. The van der Waals surface area contributed by atoms with E-state index in [0.29, 0.717) is 0 Å². The third-order valence-corrected chi connectivity index (χ3v) is 7.36. The van der Waals surface area contributed by atoms with E-state index in [-0.39, 0.29) is 0 Å². The van der Waals surface area contributed by atoms with Crippen LogP contribution in [0.1, 0.15) is 25.7 Å². The number of alkyl halides is 34. The molecule has 0 spiro atoms. The van der Waals surface area contributed by atoms with Crippen LogP contribution in [0.3, 0.4) is 0 Å². The van der Waals surface area contributed by atoms with Crippen LogP contribution in [-0.2, 0) is 4.79 Å². The fraction of sp³-hybridized carbons (Fsp3) is 0.955. The van der Waals surface area contributed by atoms with Gasteiger partial charge in [0.1, 0.15) is 6.29 Å². The average Bonchev–Trinajstić information content (AvgIpc) is 2.97. The molecular formula is C22H10F34O. The van der Waals surface area contributed by atoms with Gasteiger partial charge in [-0.2, -0.15) is 149 Å². The number of carbonyl (C=O) groups excluding carboxylic acids is 1. The van der Waals surface area contributed by atoms with Gasteiger partial charge in [0.15, 0.2) is 0 Å². The van der Waals surface area contributed by atoms with Gasteiger partial charge in [0, 0.05) is 19.3 Å². The van der Waals surface area contributed by atoms with Crippen LogP contribution < -0.4 is 0 Å². The third kappa shape index (κ3) is 7.44. The van der Waals surface area contributed by atoms with Gasteiger partial charge < -0.3 is 4.79 Å². The van der Waals surface area contributed by atoms with Gasteiger partial charge in [0.2, 0.25) is 0 Å². The van der Waals surface area contributed by atoms with Crippen molar-refractivity contribution in [3.63, 3.8) is 0 Å². The van der Waals surface area contributed by atoms with E-state index in [1.165, 1.54) is 0 Å². The first-order valence-electron chi connectivity index (χ1n) is 13.0. The van der Waals surface area contributed by atoms with Gasteiger partial charge in [-0.1, -0.05) is 0 Å². The summed E-state index contributed by atoms with van der Waals surface area (Å²) in [6.07, 6.45) is -30.5. The summed E-state index contributed by atoms with van der Waals surface area (Å²) in [5.74, 6) is -129. The van der Waals surface area contributed by atoms with Gasteiger partial charge in [-0.15, -0.1) is 0 Å². The minimum absolute atomic E-state index is 0.919. The summed E-state index contributed by atoms with van der Waals surface area (Å²) >= 11 is 0. The van der Waals surface area contributed by atoms with E-state index < -0.39 is 133 Å². The first kappa shape index (κ1) is 54.3. The lowest BCUT2D eigenvalue weighted by atomic mass is 9.81. The lowest BCUT2D eigenvalue weighted by Gasteiger charge is -2.44. The summed E-state index contributed by atoms with van der Waals surface area (Å²) < 4.78 is 457. The zero-order valence-corrected chi connectivity index (χ0v) is 25.2. The van der Waals surface area contributed by atoms with Crippen LogP contribution in [0.2, 0.25) is 0 Å². The molecule has 342 valence electrons. The molecule has 0 aliphatic heterocycles. The first-order valence-corrected chi connectivity index (χ1v) is 13.0. The molecule has 0 aromatic heterocycles. The summed E-state index contributed by atoms with van der Waals surface area (Å²) in [5.41, 5.74) is 0. The molecule has 0 rings (SSSR count). The Morgan fingerprint density at radius 3 is 0.632 bits per heavy atom. The number of aldehydes is 1. The molecule has 0 saturated carbocycles. The predicted octanol–water partition coefficient (Wildman–Crippen LogP) is 12.4. The lowest BCUT2D eigenvalue weighted by Crippen LogP contribution is -2.74. The highest BCUT2D eigenvalue weighted by molar-refractivity contribution is 5.49. The zero-order valence-electron chi connectivity index (χ0n) is 25.2. The van der Waals surface area contributed by atoms with Gasteiger partial charge >= 0.3 is 95.3 Å². The zero-order chi connectivity index (χ0) is 47.1. The second-order valence-electron chi connectivity index (χ2n) is 11.3. The summed E-state index contributed by atoms with van der Waals surface area (Å²) in [7, 11) is 0. The van der Waals surface area contributed by atoms with Crippen LogP contribution in [0.15, 0.2) is 0 Å². The average molecular weight is 936 g/mol. The standard InChI is InChI=1S/C22H10F34O/c23-7(24,9(27,28)11(31,32)13(35,36)15(39,40)17(43,44)19(47,48)21(51,52)53)4-6(2-1-3-57)5-8(25,26)10(29,30)12(33,34)14(37,38)16(41,42)18(45,46)20(49,50)22(54,55)56/h3,6H,1-2,4-5H2. The molecule has 0 aromatic carbocycles. The number of hydrogen-bond donors (Lipinski definition) is 0. The van der Waals surface area contributed by atoms with Gasteiger partial charge in [-0.05, 0) is 12.3 Å². The van der Waals surface area contributed by atoms with E-state index in [2.05, 4.69) is 0 Å². The molecule has 57 heavy (non-hydrogen) atoms. The molecule has 35 heteroatoms. The maximum absolute atomic E-state index is 14.3. The minimum Gasteiger partial charge on any atom is -0.303 e. The molecule has 1 nitrogen and oxygen atoms in total. The van der Waals surface area contributed by atoms with E-state index in [4.69, 9.17) is 0 Å². The molecule has 0 N–H and O–H groups in total.